The number of ketones is 1. The van der Waals surface area contributed by atoms with Crippen LogP contribution < -0.4 is 0 Å². The van der Waals surface area contributed by atoms with Crippen molar-refractivity contribution in [3.63, 3.8) is 0 Å². The van der Waals surface area contributed by atoms with E-state index in [9.17, 15) is 4.79 Å². The summed E-state index contributed by atoms with van der Waals surface area (Å²) in [5.74, 6) is 1.92. The SMILES string of the molecule is COC[C@H](C)n1c(C)cc(C(=O)CSc2nnc(C3CC3)n2-c2ccccc2)c1C. The number of rotatable bonds is 9. The lowest BCUT2D eigenvalue weighted by Gasteiger charge is -2.17. The number of hydrogen-bond donors (Lipinski definition) is 0. The molecule has 0 unspecified atom stereocenters. The highest BCUT2D eigenvalue weighted by molar-refractivity contribution is 7.99. The van der Waals surface area contributed by atoms with E-state index >= 15 is 0 Å². The molecule has 2 heterocycles. The van der Waals surface area contributed by atoms with E-state index in [0.29, 0.717) is 18.3 Å². The van der Waals surface area contributed by atoms with Crippen LogP contribution in [-0.2, 0) is 4.74 Å². The van der Waals surface area contributed by atoms with Gasteiger partial charge in [0.05, 0.1) is 18.4 Å². The molecule has 0 saturated heterocycles. The molecule has 1 atom stereocenters. The quantitative estimate of drug-likeness (QED) is 0.367. The van der Waals surface area contributed by atoms with E-state index in [2.05, 4.69) is 38.4 Å². The van der Waals surface area contributed by atoms with E-state index in [1.54, 1.807) is 7.11 Å². The first-order chi connectivity index (χ1) is 14.5. The zero-order valence-electron chi connectivity index (χ0n) is 18.0. The number of ether oxygens (including phenoxy) is 1. The van der Waals surface area contributed by atoms with Gasteiger partial charge in [-0.15, -0.1) is 10.2 Å². The van der Waals surface area contributed by atoms with Crippen molar-refractivity contribution in [1.29, 1.82) is 0 Å². The lowest BCUT2D eigenvalue weighted by molar-refractivity contribution is 0.102. The molecule has 0 radical (unpaired) electrons. The van der Waals surface area contributed by atoms with Crippen LogP contribution in [0.3, 0.4) is 0 Å². The van der Waals surface area contributed by atoms with Gasteiger partial charge in [-0.25, -0.2) is 0 Å². The molecule has 1 aromatic carbocycles. The highest BCUT2D eigenvalue weighted by atomic mass is 32.2. The smallest absolute Gasteiger partial charge is 0.196 e. The predicted octanol–water partition coefficient (Wildman–Crippen LogP) is 4.75. The van der Waals surface area contributed by atoms with Gasteiger partial charge in [-0.2, -0.15) is 0 Å². The van der Waals surface area contributed by atoms with Crippen molar-refractivity contribution < 1.29 is 9.53 Å². The summed E-state index contributed by atoms with van der Waals surface area (Å²) in [6.45, 7) is 6.77. The van der Waals surface area contributed by atoms with Crippen LogP contribution in [0.15, 0.2) is 41.6 Å². The number of nitrogens with zero attached hydrogens (tertiary/aromatic N) is 4. The van der Waals surface area contributed by atoms with Gasteiger partial charge in [0, 0.05) is 35.7 Å². The average molecular weight is 425 g/mol. The van der Waals surface area contributed by atoms with Crippen LogP contribution in [0.2, 0.25) is 0 Å². The van der Waals surface area contributed by atoms with E-state index in [4.69, 9.17) is 4.74 Å². The highest BCUT2D eigenvalue weighted by Crippen LogP contribution is 2.41. The topological polar surface area (TPSA) is 61.9 Å². The van der Waals surface area contributed by atoms with Gasteiger partial charge in [-0.3, -0.25) is 9.36 Å². The molecule has 1 aliphatic carbocycles. The van der Waals surface area contributed by atoms with Crippen molar-refractivity contribution in [2.45, 2.75) is 50.7 Å². The fourth-order valence-electron chi connectivity index (χ4n) is 4.06. The molecule has 4 rings (SSSR count). The molecule has 6 nitrogen and oxygen atoms in total. The summed E-state index contributed by atoms with van der Waals surface area (Å²) < 4.78 is 9.59. The maximum absolute atomic E-state index is 13.1. The molecule has 3 aromatic rings. The molecule has 1 saturated carbocycles. The standard InChI is InChI=1S/C23H28N4O2S/c1-15-12-20(17(3)26(15)16(2)13-29-4)21(28)14-30-23-25-24-22(18-10-11-18)27(23)19-8-6-5-7-9-19/h5-9,12,16,18H,10-11,13-14H2,1-4H3/t16-/m0/s1. The zero-order valence-corrected chi connectivity index (χ0v) is 18.8. The Morgan fingerprint density at radius 1 is 1.23 bits per heavy atom. The molecular weight excluding hydrogens is 396 g/mol. The highest BCUT2D eigenvalue weighted by Gasteiger charge is 2.31. The van der Waals surface area contributed by atoms with Gasteiger partial charge in [-0.1, -0.05) is 30.0 Å². The number of Topliss-reactive ketones (excluding diaryl/α,β-unsaturated/α-hetero) is 1. The van der Waals surface area contributed by atoms with Crippen molar-refractivity contribution in [1.82, 2.24) is 19.3 Å². The number of methoxy groups -OCH3 is 1. The summed E-state index contributed by atoms with van der Waals surface area (Å²) in [5.41, 5.74) is 3.89. The molecular formula is C23H28N4O2S. The molecule has 7 heteroatoms. The molecule has 1 aliphatic rings. The van der Waals surface area contributed by atoms with Crippen LogP contribution in [-0.4, -0.2) is 44.6 Å². The number of benzene rings is 1. The van der Waals surface area contributed by atoms with Crippen LogP contribution in [0.25, 0.3) is 5.69 Å². The van der Waals surface area contributed by atoms with Gasteiger partial charge in [-0.05, 0) is 51.8 Å². The van der Waals surface area contributed by atoms with Crippen LogP contribution in [0, 0.1) is 13.8 Å². The van der Waals surface area contributed by atoms with E-state index in [0.717, 1.165) is 46.5 Å². The summed E-state index contributed by atoms with van der Waals surface area (Å²) in [7, 11) is 1.70. The summed E-state index contributed by atoms with van der Waals surface area (Å²) in [6.07, 6.45) is 2.31. The Morgan fingerprint density at radius 3 is 2.63 bits per heavy atom. The largest absolute Gasteiger partial charge is 0.383 e. The first-order valence-corrected chi connectivity index (χ1v) is 11.3. The second-order valence-corrected chi connectivity index (χ2v) is 8.90. The normalized spacial score (nSPS) is 14.8. The number of thioether (sulfide) groups is 1. The third-order valence-electron chi connectivity index (χ3n) is 5.58. The summed E-state index contributed by atoms with van der Waals surface area (Å²) in [5, 5.41) is 9.64. The summed E-state index contributed by atoms with van der Waals surface area (Å²) >= 11 is 1.46. The van der Waals surface area contributed by atoms with Crippen molar-refractivity contribution >= 4 is 17.5 Å². The Morgan fingerprint density at radius 2 is 1.97 bits per heavy atom. The Hall–Kier alpha value is -2.38. The summed E-state index contributed by atoms with van der Waals surface area (Å²) in [4.78, 5) is 13.1. The van der Waals surface area contributed by atoms with Crippen LogP contribution >= 0.6 is 11.8 Å². The van der Waals surface area contributed by atoms with Gasteiger partial charge in [0.1, 0.15) is 5.82 Å². The molecule has 0 bridgehead atoms. The number of para-hydroxylation sites is 1. The molecule has 1 fully saturated rings. The monoisotopic (exact) mass is 424 g/mol. The van der Waals surface area contributed by atoms with Crippen LogP contribution in [0.5, 0.6) is 0 Å². The van der Waals surface area contributed by atoms with Crippen molar-refractivity contribution in [2.75, 3.05) is 19.5 Å². The fourth-order valence-corrected chi connectivity index (χ4v) is 4.90. The second kappa shape index (κ2) is 8.78. The lowest BCUT2D eigenvalue weighted by Crippen LogP contribution is -2.14. The van der Waals surface area contributed by atoms with Crippen molar-refractivity contribution in [3.05, 3.63) is 59.2 Å². The molecule has 0 N–H and O–H groups in total. The Balaban J connectivity index is 1.55. The maximum Gasteiger partial charge on any atom is 0.196 e. The summed E-state index contributed by atoms with van der Waals surface area (Å²) in [6, 6.07) is 12.3. The van der Waals surface area contributed by atoms with E-state index in [-0.39, 0.29) is 11.8 Å². The first kappa shape index (κ1) is 20.9. The van der Waals surface area contributed by atoms with Crippen LogP contribution in [0.1, 0.15) is 59.3 Å². The first-order valence-electron chi connectivity index (χ1n) is 10.3. The maximum atomic E-state index is 13.1. The van der Waals surface area contributed by atoms with Crippen molar-refractivity contribution in [3.8, 4) is 5.69 Å². The predicted molar refractivity (Wildman–Crippen MR) is 119 cm³/mol. The average Bonchev–Trinajstić information content (AvgIpc) is 3.42. The fraction of sp³-hybridized carbons (Fsp3) is 0.435. The molecule has 0 spiro atoms. The number of aromatic nitrogens is 4. The third kappa shape index (κ3) is 4.09. The Kier molecular flexibility index (Phi) is 6.11. The Labute approximate surface area is 181 Å². The van der Waals surface area contributed by atoms with Gasteiger partial charge in [0.2, 0.25) is 0 Å². The second-order valence-electron chi connectivity index (χ2n) is 7.96. The minimum atomic E-state index is 0.111. The third-order valence-corrected chi connectivity index (χ3v) is 6.51. The molecule has 0 aliphatic heterocycles. The van der Waals surface area contributed by atoms with Gasteiger partial charge in [0.15, 0.2) is 10.9 Å². The minimum absolute atomic E-state index is 0.111. The number of hydrogen-bond acceptors (Lipinski definition) is 5. The Bertz CT molecular complexity index is 1040. The van der Waals surface area contributed by atoms with Crippen molar-refractivity contribution in [2.24, 2.45) is 0 Å². The van der Waals surface area contributed by atoms with Gasteiger partial charge in [0.25, 0.3) is 0 Å². The number of carbonyl (C=O) groups is 1. The van der Waals surface area contributed by atoms with Crippen LogP contribution in [0.4, 0.5) is 0 Å². The molecule has 158 valence electrons. The van der Waals surface area contributed by atoms with E-state index in [1.807, 2.05) is 38.1 Å². The minimum Gasteiger partial charge on any atom is -0.383 e. The molecule has 0 amide bonds. The van der Waals surface area contributed by atoms with Gasteiger partial charge < -0.3 is 9.30 Å². The van der Waals surface area contributed by atoms with E-state index in [1.165, 1.54) is 11.8 Å². The molecule has 2 aromatic heterocycles. The molecule has 30 heavy (non-hydrogen) atoms. The lowest BCUT2D eigenvalue weighted by atomic mass is 10.2. The van der Waals surface area contributed by atoms with E-state index < -0.39 is 0 Å². The number of aryl methyl sites for hydroxylation is 1. The van der Waals surface area contributed by atoms with Gasteiger partial charge >= 0.3 is 0 Å². The zero-order chi connectivity index (χ0) is 21.3. The number of carbonyl (C=O) groups excluding carboxylic acids is 1.